The molecule has 0 N–H and O–H groups in total. The number of aromatic nitrogens is 1. The molecule has 6 aliphatic rings. The van der Waals surface area contributed by atoms with Crippen molar-refractivity contribution in [3.05, 3.63) is 54.1 Å². The Labute approximate surface area is 233 Å². The first-order valence-corrected chi connectivity index (χ1v) is 16.5. The molecular weight excluding hydrogens is 476 g/mol. The molecule has 2 aliphatic heterocycles. The van der Waals surface area contributed by atoms with E-state index in [1.54, 1.807) is 0 Å². The van der Waals surface area contributed by atoms with Crippen LogP contribution in [0.5, 0.6) is 5.75 Å². The van der Waals surface area contributed by atoms with Crippen molar-refractivity contribution in [2.45, 2.75) is 126 Å². The van der Waals surface area contributed by atoms with E-state index in [0.29, 0.717) is 24.1 Å². The molecule has 0 radical (unpaired) electrons. The Hall–Kier alpha value is -2.26. The van der Waals surface area contributed by atoms with Crippen LogP contribution in [0.4, 0.5) is 0 Å². The summed E-state index contributed by atoms with van der Waals surface area (Å²) in [4.78, 5) is 3.08. The second kappa shape index (κ2) is 9.13. The zero-order valence-electron chi connectivity index (χ0n) is 23.4. The van der Waals surface area contributed by atoms with E-state index >= 15 is 0 Å². The molecule has 3 heteroatoms. The number of rotatable bonds is 2. The van der Waals surface area contributed by atoms with Gasteiger partial charge < -0.3 is 9.30 Å². The molecule has 0 amide bonds. The van der Waals surface area contributed by atoms with Gasteiger partial charge in [0.25, 0.3) is 0 Å². The van der Waals surface area contributed by atoms with E-state index in [0.717, 1.165) is 23.9 Å². The van der Waals surface area contributed by atoms with Gasteiger partial charge >= 0.3 is 0 Å². The van der Waals surface area contributed by atoms with Gasteiger partial charge in [0.2, 0.25) is 0 Å². The third-order valence-corrected chi connectivity index (χ3v) is 12.1. The van der Waals surface area contributed by atoms with Crippen molar-refractivity contribution in [2.24, 2.45) is 11.8 Å². The molecule has 3 nitrogen and oxygen atoms in total. The molecule has 3 heterocycles. The third kappa shape index (κ3) is 3.51. The van der Waals surface area contributed by atoms with Gasteiger partial charge in [-0.3, -0.25) is 4.90 Å². The van der Waals surface area contributed by atoms with Crippen molar-refractivity contribution < 1.29 is 4.74 Å². The van der Waals surface area contributed by atoms with Gasteiger partial charge in [0.15, 0.2) is 0 Å². The number of fused-ring (bicyclic) bond motifs is 9. The fraction of sp³-hybridized carbons (Fsp3) is 0.611. The maximum absolute atomic E-state index is 6.59. The summed E-state index contributed by atoms with van der Waals surface area (Å²) in [6, 6.07) is 17.2. The molecule has 8 atom stereocenters. The van der Waals surface area contributed by atoms with E-state index in [1.807, 2.05) is 0 Å². The van der Waals surface area contributed by atoms with Gasteiger partial charge in [-0.2, -0.15) is 0 Å². The molecular formula is C36H44N2O. The molecule has 3 aromatic rings. The average Bonchev–Trinajstić information content (AvgIpc) is 3.63. The normalized spacial score (nSPS) is 37.8. The summed E-state index contributed by atoms with van der Waals surface area (Å²) in [6.07, 6.45) is 24.6. The molecule has 0 bridgehead atoms. The first-order valence-electron chi connectivity index (χ1n) is 16.5. The van der Waals surface area contributed by atoms with Crippen LogP contribution in [-0.2, 0) is 0 Å². The molecule has 1 saturated heterocycles. The molecule has 9 rings (SSSR count). The molecule has 4 aliphatic carbocycles. The van der Waals surface area contributed by atoms with Crippen molar-refractivity contribution in [2.75, 3.05) is 0 Å². The number of para-hydroxylation sites is 1. The number of hydrogen-bond acceptors (Lipinski definition) is 2. The van der Waals surface area contributed by atoms with Crippen LogP contribution in [0.15, 0.2) is 48.6 Å². The first-order chi connectivity index (χ1) is 19.3. The lowest BCUT2D eigenvalue weighted by Crippen LogP contribution is -2.46. The highest BCUT2D eigenvalue weighted by Crippen LogP contribution is 2.54. The first kappa shape index (κ1) is 23.4. The molecule has 204 valence electrons. The summed E-state index contributed by atoms with van der Waals surface area (Å²) in [6.45, 7) is 0. The predicted octanol–water partition coefficient (Wildman–Crippen LogP) is 8.91. The van der Waals surface area contributed by atoms with Crippen LogP contribution in [0.3, 0.4) is 0 Å². The quantitative estimate of drug-likeness (QED) is 0.314. The van der Waals surface area contributed by atoms with Crippen LogP contribution < -0.4 is 4.74 Å². The maximum Gasteiger partial charge on any atom is 0.124 e. The van der Waals surface area contributed by atoms with Gasteiger partial charge in [-0.25, -0.2) is 0 Å². The molecule has 0 spiro atoms. The van der Waals surface area contributed by atoms with E-state index in [4.69, 9.17) is 4.74 Å². The van der Waals surface area contributed by atoms with Gasteiger partial charge in [0.05, 0.1) is 0 Å². The van der Waals surface area contributed by atoms with E-state index in [2.05, 4.69) is 58.0 Å². The Morgan fingerprint density at radius 1 is 0.718 bits per heavy atom. The fourth-order valence-corrected chi connectivity index (χ4v) is 10.6. The lowest BCUT2D eigenvalue weighted by Gasteiger charge is -2.41. The van der Waals surface area contributed by atoms with E-state index in [1.165, 1.54) is 123 Å². The second-order valence-electron chi connectivity index (χ2n) is 13.9. The van der Waals surface area contributed by atoms with Crippen molar-refractivity contribution in [1.29, 1.82) is 0 Å². The zero-order chi connectivity index (χ0) is 25.5. The number of hydrogen-bond donors (Lipinski definition) is 0. The van der Waals surface area contributed by atoms with Gasteiger partial charge in [-0.15, -0.1) is 0 Å². The van der Waals surface area contributed by atoms with Gasteiger partial charge in [0.1, 0.15) is 11.9 Å². The molecule has 2 aromatic carbocycles. The van der Waals surface area contributed by atoms with Crippen LogP contribution >= 0.6 is 0 Å². The number of ether oxygens (including phenoxy) is 1. The standard InChI is InChI=1S/C36H44N2O/c1-2-10-23(11-3-1)37-31-15-7-4-12-25(31)28-20-24(18-19-33(28)37)38-32-16-8-5-13-26(32)29-22-36-30(21-34(29)38)27-14-6-9-17-35(27)39-36/h2,5,8,10,13,16,21-25,27-28,31,33,35H,1,3-4,6-7,9,11-12,14-15,17-20H2. The summed E-state index contributed by atoms with van der Waals surface area (Å²) in [7, 11) is 0. The minimum atomic E-state index is 0.414. The average molecular weight is 521 g/mol. The highest BCUT2D eigenvalue weighted by molar-refractivity contribution is 6.09. The Morgan fingerprint density at radius 2 is 1.59 bits per heavy atom. The van der Waals surface area contributed by atoms with Crippen LogP contribution in [0.2, 0.25) is 0 Å². The highest BCUT2D eigenvalue weighted by atomic mass is 16.5. The third-order valence-electron chi connectivity index (χ3n) is 12.1. The Kier molecular flexibility index (Phi) is 5.49. The van der Waals surface area contributed by atoms with Crippen molar-refractivity contribution in [3.8, 4) is 5.75 Å². The fourth-order valence-electron chi connectivity index (χ4n) is 10.6. The summed E-state index contributed by atoms with van der Waals surface area (Å²) in [5, 5.41) is 2.84. The topological polar surface area (TPSA) is 17.4 Å². The minimum absolute atomic E-state index is 0.414. The molecule has 4 fully saturated rings. The number of benzene rings is 2. The number of likely N-dealkylation sites (tertiary alicyclic amines) is 1. The summed E-state index contributed by atoms with van der Waals surface area (Å²) in [5.41, 5.74) is 4.44. The Balaban J connectivity index is 1.12. The van der Waals surface area contributed by atoms with E-state index in [9.17, 15) is 0 Å². The van der Waals surface area contributed by atoms with Gasteiger partial charge in [-0.05, 0) is 101 Å². The lowest BCUT2D eigenvalue weighted by molar-refractivity contribution is 0.0936. The SMILES string of the molecule is C1=CC(N2C3CCCCC3C3CC(n4c5ccccc5c5cc6c(cc54)C4CCCCC4O6)CCC32)CCC1. The Morgan fingerprint density at radius 3 is 2.54 bits per heavy atom. The highest BCUT2D eigenvalue weighted by Gasteiger charge is 2.53. The molecule has 8 unspecified atom stereocenters. The van der Waals surface area contributed by atoms with Crippen LogP contribution in [0.25, 0.3) is 21.8 Å². The maximum atomic E-state index is 6.59. The van der Waals surface area contributed by atoms with Crippen molar-refractivity contribution in [3.63, 3.8) is 0 Å². The van der Waals surface area contributed by atoms with Crippen LogP contribution in [-0.4, -0.2) is 33.7 Å². The molecule has 39 heavy (non-hydrogen) atoms. The van der Waals surface area contributed by atoms with Gasteiger partial charge in [-0.1, -0.05) is 49.6 Å². The number of nitrogens with zero attached hydrogens (tertiary/aromatic N) is 2. The second-order valence-corrected chi connectivity index (χ2v) is 13.9. The molecule has 1 aromatic heterocycles. The Bertz CT molecular complexity index is 1430. The monoisotopic (exact) mass is 520 g/mol. The predicted molar refractivity (Wildman–Crippen MR) is 160 cm³/mol. The molecule has 3 saturated carbocycles. The largest absolute Gasteiger partial charge is 0.489 e. The summed E-state index contributed by atoms with van der Waals surface area (Å²) < 4.78 is 9.41. The van der Waals surface area contributed by atoms with Crippen molar-refractivity contribution in [1.82, 2.24) is 9.47 Å². The van der Waals surface area contributed by atoms with Crippen molar-refractivity contribution >= 4 is 21.8 Å². The zero-order valence-corrected chi connectivity index (χ0v) is 23.4. The van der Waals surface area contributed by atoms with E-state index in [-0.39, 0.29) is 0 Å². The minimum Gasteiger partial charge on any atom is -0.489 e. The smallest absolute Gasteiger partial charge is 0.124 e. The number of allylic oxidation sites excluding steroid dienone is 1. The summed E-state index contributed by atoms with van der Waals surface area (Å²) in [5.74, 6) is 3.56. The van der Waals surface area contributed by atoms with E-state index < -0.39 is 0 Å². The van der Waals surface area contributed by atoms with Crippen LogP contribution in [0, 0.1) is 11.8 Å². The summed E-state index contributed by atoms with van der Waals surface area (Å²) >= 11 is 0. The van der Waals surface area contributed by atoms with Gasteiger partial charge in [0, 0.05) is 57.5 Å². The van der Waals surface area contributed by atoms with Crippen LogP contribution in [0.1, 0.15) is 107 Å². The lowest BCUT2D eigenvalue weighted by atomic mass is 9.72.